The zero-order valence-electron chi connectivity index (χ0n) is 10.3. The fourth-order valence-electron chi connectivity index (χ4n) is 2.56. The quantitative estimate of drug-likeness (QED) is 0.834. The summed E-state index contributed by atoms with van der Waals surface area (Å²) < 4.78 is 19.0. The van der Waals surface area contributed by atoms with E-state index in [1.165, 1.54) is 12.1 Å². The van der Waals surface area contributed by atoms with Crippen LogP contribution in [0.3, 0.4) is 0 Å². The summed E-state index contributed by atoms with van der Waals surface area (Å²) in [5, 5.41) is 0.373. The fourth-order valence-corrected chi connectivity index (χ4v) is 2.90. The summed E-state index contributed by atoms with van der Waals surface area (Å²) in [6, 6.07) is 4.36. The SMILES string of the molecule is CCOC1(c2ccc(F)cc2Cl)CCC(=O)CC1. The van der Waals surface area contributed by atoms with Crippen molar-refractivity contribution in [1.82, 2.24) is 0 Å². The highest BCUT2D eigenvalue weighted by Gasteiger charge is 2.38. The summed E-state index contributed by atoms with van der Waals surface area (Å²) in [4.78, 5) is 11.4. The molecular weight excluding hydrogens is 255 g/mol. The van der Waals surface area contributed by atoms with E-state index in [1.54, 1.807) is 6.07 Å². The molecule has 0 aliphatic heterocycles. The van der Waals surface area contributed by atoms with Crippen molar-refractivity contribution in [2.45, 2.75) is 38.2 Å². The van der Waals surface area contributed by atoms with Gasteiger partial charge in [0.05, 0.1) is 5.60 Å². The minimum atomic E-state index is -0.534. The molecule has 4 heteroatoms. The van der Waals surface area contributed by atoms with Crippen LogP contribution in [0.5, 0.6) is 0 Å². The first-order chi connectivity index (χ1) is 8.57. The molecule has 0 spiro atoms. The average Bonchev–Trinajstić information content (AvgIpc) is 2.33. The Hall–Kier alpha value is -0.930. The molecule has 0 heterocycles. The van der Waals surface area contributed by atoms with Crippen molar-refractivity contribution in [2.75, 3.05) is 6.61 Å². The third kappa shape index (κ3) is 2.57. The molecule has 1 aliphatic carbocycles. The van der Waals surface area contributed by atoms with Gasteiger partial charge in [-0.25, -0.2) is 4.39 Å². The molecular formula is C14H16ClFO2. The molecule has 1 saturated carbocycles. The summed E-state index contributed by atoms with van der Waals surface area (Å²) in [7, 11) is 0. The number of benzene rings is 1. The van der Waals surface area contributed by atoms with E-state index < -0.39 is 5.60 Å². The number of ether oxygens (including phenoxy) is 1. The van der Waals surface area contributed by atoms with E-state index in [4.69, 9.17) is 16.3 Å². The van der Waals surface area contributed by atoms with E-state index in [0.29, 0.717) is 37.3 Å². The van der Waals surface area contributed by atoms with Crippen LogP contribution >= 0.6 is 11.6 Å². The van der Waals surface area contributed by atoms with Crippen LogP contribution in [0.15, 0.2) is 18.2 Å². The molecule has 0 N–H and O–H groups in total. The molecule has 98 valence electrons. The Morgan fingerprint density at radius 1 is 1.39 bits per heavy atom. The zero-order chi connectivity index (χ0) is 13.2. The lowest BCUT2D eigenvalue weighted by Crippen LogP contribution is -2.35. The normalized spacial score (nSPS) is 18.9. The fraction of sp³-hybridized carbons (Fsp3) is 0.500. The first kappa shape index (κ1) is 13.5. The van der Waals surface area contributed by atoms with Gasteiger partial charge in [0.25, 0.3) is 0 Å². The molecule has 2 nitrogen and oxygen atoms in total. The number of Topliss-reactive ketones (excluding diaryl/α,β-unsaturated/α-hetero) is 1. The maximum atomic E-state index is 13.1. The maximum Gasteiger partial charge on any atom is 0.133 e. The minimum absolute atomic E-state index is 0.253. The Morgan fingerprint density at radius 2 is 2.06 bits per heavy atom. The Kier molecular flexibility index (Phi) is 4.03. The molecule has 0 amide bonds. The second kappa shape index (κ2) is 5.37. The first-order valence-corrected chi connectivity index (χ1v) is 6.56. The third-order valence-electron chi connectivity index (χ3n) is 3.46. The van der Waals surface area contributed by atoms with E-state index in [-0.39, 0.29) is 11.6 Å². The van der Waals surface area contributed by atoms with Crippen molar-refractivity contribution in [3.05, 3.63) is 34.6 Å². The number of carbonyl (C=O) groups is 1. The van der Waals surface area contributed by atoms with Gasteiger partial charge >= 0.3 is 0 Å². The second-order valence-electron chi connectivity index (χ2n) is 4.59. The van der Waals surface area contributed by atoms with Gasteiger partial charge in [-0.3, -0.25) is 4.79 Å². The van der Waals surface area contributed by atoms with Crippen LogP contribution in [0.25, 0.3) is 0 Å². The molecule has 1 aliphatic rings. The van der Waals surface area contributed by atoms with Crippen molar-refractivity contribution in [3.8, 4) is 0 Å². The molecule has 1 aromatic carbocycles. The van der Waals surface area contributed by atoms with Gasteiger partial charge in [-0.1, -0.05) is 17.7 Å². The molecule has 0 bridgehead atoms. The Morgan fingerprint density at radius 3 is 2.61 bits per heavy atom. The monoisotopic (exact) mass is 270 g/mol. The number of hydrogen-bond donors (Lipinski definition) is 0. The van der Waals surface area contributed by atoms with E-state index in [2.05, 4.69) is 0 Å². The zero-order valence-corrected chi connectivity index (χ0v) is 11.1. The van der Waals surface area contributed by atoms with Crippen molar-refractivity contribution >= 4 is 17.4 Å². The van der Waals surface area contributed by atoms with Crippen LogP contribution in [-0.2, 0) is 15.1 Å². The van der Waals surface area contributed by atoms with Crippen LogP contribution in [0.2, 0.25) is 5.02 Å². The van der Waals surface area contributed by atoms with Gasteiger partial charge < -0.3 is 4.74 Å². The van der Waals surface area contributed by atoms with Gasteiger partial charge in [-0.2, -0.15) is 0 Å². The molecule has 2 rings (SSSR count). The lowest BCUT2D eigenvalue weighted by atomic mass is 9.79. The smallest absolute Gasteiger partial charge is 0.133 e. The molecule has 0 unspecified atom stereocenters. The van der Waals surface area contributed by atoms with Crippen LogP contribution in [0.1, 0.15) is 38.2 Å². The number of hydrogen-bond acceptors (Lipinski definition) is 2. The van der Waals surface area contributed by atoms with Crippen molar-refractivity contribution in [1.29, 1.82) is 0 Å². The summed E-state index contributed by atoms with van der Waals surface area (Å²) in [5.41, 5.74) is 0.257. The predicted molar refractivity (Wildman–Crippen MR) is 68.2 cm³/mol. The molecule has 0 atom stereocenters. The summed E-state index contributed by atoms with van der Waals surface area (Å²) in [6.07, 6.45) is 2.22. The number of carbonyl (C=O) groups excluding carboxylic acids is 1. The molecule has 0 radical (unpaired) electrons. The van der Waals surface area contributed by atoms with E-state index >= 15 is 0 Å². The summed E-state index contributed by atoms with van der Waals surface area (Å²) in [5.74, 6) is -0.106. The third-order valence-corrected chi connectivity index (χ3v) is 3.77. The number of rotatable bonds is 3. The highest BCUT2D eigenvalue weighted by molar-refractivity contribution is 6.31. The lowest BCUT2D eigenvalue weighted by molar-refractivity contribution is -0.130. The molecule has 0 saturated heterocycles. The molecule has 1 fully saturated rings. The van der Waals surface area contributed by atoms with Crippen LogP contribution < -0.4 is 0 Å². The van der Waals surface area contributed by atoms with E-state index in [1.807, 2.05) is 6.92 Å². The van der Waals surface area contributed by atoms with Gasteiger partial charge in [-0.15, -0.1) is 0 Å². The Balaban J connectivity index is 2.37. The Labute approximate surface area is 111 Å². The topological polar surface area (TPSA) is 26.3 Å². The average molecular weight is 271 g/mol. The summed E-state index contributed by atoms with van der Waals surface area (Å²) in [6.45, 7) is 2.46. The van der Waals surface area contributed by atoms with Crippen molar-refractivity contribution < 1.29 is 13.9 Å². The van der Waals surface area contributed by atoms with Gasteiger partial charge in [0.1, 0.15) is 11.6 Å². The van der Waals surface area contributed by atoms with Gasteiger partial charge in [0, 0.05) is 30.0 Å². The number of ketones is 1. The highest BCUT2D eigenvalue weighted by atomic mass is 35.5. The van der Waals surface area contributed by atoms with Crippen molar-refractivity contribution in [3.63, 3.8) is 0 Å². The standard InChI is InChI=1S/C14H16ClFO2/c1-2-18-14(7-5-11(17)6-8-14)12-4-3-10(16)9-13(12)15/h3-4,9H,2,5-8H2,1H3. The van der Waals surface area contributed by atoms with E-state index in [0.717, 1.165) is 5.56 Å². The second-order valence-corrected chi connectivity index (χ2v) is 5.00. The largest absolute Gasteiger partial charge is 0.371 e. The first-order valence-electron chi connectivity index (χ1n) is 6.18. The lowest BCUT2D eigenvalue weighted by Gasteiger charge is -2.37. The maximum absolute atomic E-state index is 13.1. The molecule has 18 heavy (non-hydrogen) atoms. The van der Waals surface area contributed by atoms with Crippen LogP contribution in [0, 0.1) is 5.82 Å². The summed E-state index contributed by atoms with van der Waals surface area (Å²) >= 11 is 6.12. The van der Waals surface area contributed by atoms with Gasteiger partial charge in [0.15, 0.2) is 0 Å². The highest BCUT2D eigenvalue weighted by Crippen LogP contribution is 2.42. The Bertz CT molecular complexity index is 449. The number of halogens is 2. The molecule has 0 aromatic heterocycles. The molecule has 1 aromatic rings. The van der Waals surface area contributed by atoms with Gasteiger partial charge in [0.2, 0.25) is 0 Å². The minimum Gasteiger partial charge on any atom is -0.371 e. The predicted octanol–water partition coefficient (Wildman–Crippen LogP) is 3.85. The van der Waals surface area contributed by atoms with E-state index in [9.17, 15) is 9.18 Å². The van der Waals surface area contributed by atoms with Crippen LogP contribution in [0.4, 0.5) is 4.39 Å². The van der Waals surface area contributed by atoms with Gasteiger partial charge in [-0.05, 0) is 31.9 Å². The van der Waals surface area contributed by atoms with Crippen molar-refractivity contribution in [2.24, 2.45) is 0 Å². The van der Waals surface area contributed by atoms with Crippen LogP contribution in [-0.4, -0.2) is 12.4 Å².